The molecule has 0 saturated carbocycles. The smallest absolute Gasteiger partial charge is 0.339 e. The van der Waals surface area contributed by atoms with Crippen LogP contribution in [0.2, 0.25) is 0 Å². The fourth-order valence-electron chi connectivity index (χ4n) is 6.81. The highest BCUT2D eigenvalue weighted by Gasteiger charge is 2.22. The summed E-state index contributed by atoms with van der Waals surface area (Å²) < 4.78 is 11.0. The number of aromatic carboxylic acids is 1. The largest absolute Gasteiger partial charge is 0.478 e. The molecule has 1 N–H and O–H groups in total. The number of hydrogen-bond acceptors (Lipinski definition) is 5. The number of carboxylic acid groups (broad SMARTS) is 1. The molecular formula is C45H78O6. The van der Waals surface area contributed by atoms with Gasteiger partial charge in [-0.3, -0.25) is 0 Å². The van der Waals surface area contributed by atoms with Crippen molar-refractivity contribution in [3.63, 3.8) is 0 Å². The normalized spacial score (nSPS) is 11.2. The van der Waals surface area contributed by atoms with E-state index < -0.39 is 17.9 Å². The summed E-state index contributed by atoms with van der Waals surface area (Å²) in [4.78, 5) is 37.3. The van der Waals surface area contributed by atoms with E-state index in [0.29, 0.717) is 0 Å². The molecule has 0 bridgehead atoms. The van der Waals surface area contributed by atoms with Crippen molar-refractivity contribution in [1.29, 1.82) is 0 Å². The minimum atomic E-state index is -1.16. The summed E-state index contributed by atoms with van der Waals surface area (Å²) in [5.41, 5.74) is -0.0319. The zero-order valence-electron chi connectivity index (χ0n) is 33.3. The van der Waals surface area contributed by atoms with Crippen LogP contribution in [0.5, 0.6) is 0 Å². The molecule has 6 heteroatoms. The first-order valence-corrected chi connectivity index (χ1v) is 21.7. The molecule has 0 heterocycles. The Bertz CT molecular complexity index is 989. The molecule has 0 aliphatic carbocycles. The Hall–Kier alpha value is -2.37. The first-order chi connectivity index (χ1) is 25.0. The minimum absolute atomic E-state index is 0.0385. The number of hydrogen-bond donors (Lipinski definition) is 1. The fraction of sp³-hybridized carbons (Fsp3) is 0.800. The number of ether oxygens (including phenoxy) is 2. The van der Waals surface area contributed by atoms with E-state index in [1.54, 1.807) is 0 Å². The van der Waals surface area contributed by atoms with Crippen LogP contribution in [-0.2, 0) is 9.47 Å². The summed E-state index contributed by atoms with van der Waals surface area (Å²) in [6, 6.07) is 3.92. The lowest BCUT2D eigenvalue weighted by molar-refractivity contribution is 0.0450. The van der Waals surface area contributed by atoms with Crippen LogP contribution in [0, 0.1) is 0 Å². The number of unbranched alkanes of at least 4 members (excludes halogenated alkanes) is 30. The molecule has 0 aliphatic rings. The number of esters is 2. The van der Waals surface area contributed by atoms with Gasteiger partial charge in [0.05, 0.1) is 29.9 Å². The molecule has 0 saturated heterocycles. The average Bonchev–Trinajstić information content (AvgIpc) is 3.13. The van der Waals surface area contributed by atoms with Crippen LogP contribution in [0.15, 0.2) is 18.2 Å². The van der Waals surface area contributed by atoms with E-state index in [1.165, 1.54) is 185 Å². The van der Waals surface area contributed by atoms with Gasteiger partial charge < -0.3 is 14.6 Å². The van der Waals surface area contributed by atoms with E-state index >= 15 is 0 Å². The fourth-order valence-corrected chi connectivity index (χ4v) is 6.81. The van der Waals surface area contributed by atoms with Gasteiger partial charge in [-0.2, -0.15) is 0 Å². The average molecular weight is 715 g/mol. The summed E-state index contributed by atoms with van der Waals surface area (Å²) >= 11 is 0. The maximum absolute atomic E-state index is 12.9. The molecule has 0 unspecified atom stereocenters. The molecule has 0 aliphatic heterocycles. The SMILES string of the molecule is CCCCCCCCCCCCCCCCCCOC(=O)c1ccc(C(=O)O)cc1C(=O)OCCCCCCCCCCCCCCCCCC. The molecule has 0 radical (unpaired) electrons. The molecule has 1 aromatic carbocycles. The van der Waals surface area contributed by atoms with Crippen molar-refractivity contribution in [3.05, 3.63) is 34.9 Å². The lowest BCUT2D eigenvalue weighted by atomic mass is 10.0. The third-order valence-corrected chi connectivity index (χ3v) is 10.2. The number of benzene rings is 1. The second-order valence-corrected chi connectivity index (χ2v) is 14.9. The number of carboxylic acids is 1. The van der Waals surface area contributed by atoms with Gasteiger partial charge in [0, 0.05) is 0 Å². The molecular weight excluding hydrogens is 636 g/mol. The second-order valence-electron chi connectivity index (χ2n) is 14.9. The maximum Gasteiger partial charge on any atom is 0.339 e. The van der Waals surface area contributed by atoms with Crippen LogP contribution in [-0.4, -0.2) is 36.2 Å². The van der Waals surface area contributed by atoms with Crippen molar-refractivity contribution < 1.29 is 29.0 Å². The molecule has 0 atom stereocenters. The van der Waals surface area contributed by atoms with Gasteiger partial charge >= 0.3 is 17.9 Å². The molecule has 0 aromatic heterocycles. The highest BCUT2D eigenvalue weighted by molar-refractivity contribution is 6.05. The van der Waals surface area contributed by atoms with Crippen molar-refractivity contribution in [2.45, 2.75) is 219 Å². The quantitative estimate of drug-likeness (QED) is 0.0545. The summed E-state index contributed by atoms with van der Waals surface area (Å²) in [6.45, 7) is 5.07. The summed E-state index contributed by atoms with van der Waals surface area (Å²) in [7, 11) is 0. The summed E-state index contributed by atoms with van der Waals surface area (Å²) in [5, 5.41) is 9.45. The van der Waals surface area contributed by atoms with Crippen molar-refractivity contribution in [2.24, 2.45) is 0 Å². The van der Waals surface area contributed by atoms with Crippen LogP contribution in [0.4, 0.5) is 0 Å². The van der Waals surface area contributed by atoms with Crippen molar-refractivity contribution in [2.75, 3.05) is 13.2 Å². The summed E-state index contributed by atoms with van der Waals surface area (Å²) in [5.74, 6) is -2.44. The Kier molecular flexibility index (Phi) is 31.7. The van der Waals surface area contributed by atoms with Crippen LogP contribution in [0.25, 0.3) is 0 Å². The maximum atomic E-state index is 12.9. The van der Waals surface area contributed by atoms with E-state index in [9.17, 15) is 19.5 Å². The summed E-state index contributed by atoms with van der Waals surface area (Å²) in [6.07, 6.45) is 40.7. The highest BCUT2D eigenvalue weighted by Crippen LogP contribution is 2.18. The van der Waals surface area contributed by atoms with Crippen molar-refractivity contribution >= 4 is 17.9 Å². The van der Waals surface area contributed by atoms with Crippen molar-refractivity contribution in [1.82, 2.24) is 0 Å². The Balaban J connectivity index is 2.16. The van der Waals surface area contributed by atoms with Gasteiger partial charge in [-0.15, -0.1) is 0 Å². The Morgan fingerprint density at radius 2 is 0.686 bits per heavy atom. The van der Waals surface area contributed by atoms with Crippen LogP contribution < -0.4 is 0 Å². The molecule has 51 heavy (non-hydrogen) atoms. The Labute approximate surface area is 313 Å². The van der Waals surface area contributed by atoms with Crippen LogP contribution in [0.3, 0.4) is 0 Å². The van der Waals surface area contributed by atoms with Crippen LogP contribution in [0.1, 0.15) is 250 Å². The number of rotatable bonds is 37. The standard InChI is InChI=1S/C45H78O6/c1-3-5-7-9-11-13-15-17-19-21-23-25-27-29-31-33-37-50-44(48)41-36-35-40(43(46)47)39-42(41)45(49)51-38-34-32-30-28-26-24-22-20-18-16-14-12-10-8-6-4-2/h35-36,39H,3-34,37-38H2,1-2H3,(H,46,47). The second kappa shape index (κ2) is 34.7. The Morgan fingerprint density at radius 3 is 0.980 bits per heavy atom. The third kappa shape index (κ3) is 27.0. The molecule has 0 amide bonds. The topological polar surface area (TPSA) is 89.9 Å². The molecule has 1 aromatic rings. The van der Waals surface area contributed by atoms with E-state index in [2.05, 4.69) is 13.8 Å². The van der Waals surface area contributed by atoms with Crippen LogP contribution >= 0.6 is 0 Å². The molecule has 1 rings (SSSR count). The number of carbonyl (C=O) groups is 3. The monoisotopic (exact) mass is 715 g/mol. The van der Waals surface area contributed by atoms with Gasteiger partial charge in [0.2, 0.25) is 0 Å². The van der Waals surface area contributed by atoms with E-state index in [4.69, 9.17) is 9.47 Å². The lowest BCUT2D eigenvalue weighted by Crippen LogP contribution is -2.16. The van der Waals surface area contributed by atoms with Gasteiger partial charge in [-0.1, -0.05) is 206 Å². The zero-order valence-corrected chi connectivity index (χ0v) is 33.3. The van der Waals surface area contributed by atoms with Crippen molar-refractivity contribution in [3.8, 4) is 0 Å². The van der Waals surface area contributed by atoms with E-state index in [1.807, 2.05) is 0 Å². The zero-order chi connectivity index (χ0) is 37.0. The van der Waals surface area contributed by atoms with Gasteiger partial charge in [0.25, 0.3) is 0 Å². The predicted molar refractivity (Wildman–Crippen MR) is 213 cm³/mol. The van der Waals surface area contributed by atoms with E-state index in [-0.39, 0.29) is 29.9 Å². The van der Waals surface area contributed by atoms with Gasteiger partial charge in [0.1, 0.15) is 0 Å². The Morgan fingerprint density at radius 1 is 0.412 bits per heavy atom. The molecule has 0 spiro atoms. The molecule has 6 nitrogen and oxygen atoms in total. The molecule has 0 fully saturated rings. The highest BCUT2D eigenvalue weighted by atomic mass is 16.5. The minimum Gasteiger partial charge on any atom is -0.478 e. The predicted octanol–water partition coefficient (Wildman–Crippen LogP) is 14.2. The first-order valence-electron chi connectivity index (χ1n) is 21.7. The number of carbonyl (C=O) groups excluding carboxylic acids is 2. The lowest BCUT2D eigenvalue weighted by Gasteiger charge is -2.11. The van der Waals surface area contributed by atoms with Gasteiger partial charge in [0.15, 0.2) is 0 Å². The first kappa shape index (κ1) is 46.7. The van der Waals surface area contributed by atoms with Gasteiger partial charge in [-0.25, -0.2) is 14.4 Å². The van der Waals surface area contributed by atoms with Gasteiger partial charge in [-0.05, 0) is 31.0 Å². The molecule has 294 valence electrons. The third-order valence-electron chi connectivity index (χ3n) is 10.2. The van der Waals surface area contributed by atoms with E-state index in [0.717, 1.165) is 38.5 Å².